The van der Waals surface area contributed by atoms with Crippen molar-refractivity contribution in [3.63, 3.8) is 0 Å². The first-order valence-electron chi connectivity index (χ1n) is 5.33. The normalized spacial score (nSPS) is 38.6. The summed E-state index contributed by atoms with van der Waals surface area (Å²) in [7, 11) is 0. The third-order valence-corrected chi connectivity index (χ3v) is 3.38. The fraction of sp³-hybridized carbons (Fsp3) is 0.909. The molecule has 2 aliphatic rings. The molecule has 0 aromatic carbocycles. The van der Waals surface area contributed by atoms with Crippen LogP contribution in [0.1, 0.15) is 40.5 Å². The summed E-state index contributed by atoms with van der Waals surface area (Å²) in [5, 5.41) is 0. The molecular weight excluding hydrogens is 178 g/mol. The molecule has 0 aromatic heterocycles. The highest BCUT2D eigenvalue weighted by Crippen LogP contribution is 2.43. The minimum Gasteiger partial charge on any atom is -0.444 e. The van der Waals surface area contributed by atoms with Crippen LogP contribution < -0.4 is 0 Å². The number of nitrogens with zero attached hydrogens (tertiary/aromatic N) is 1. The minimum atomic E-state index is -0.335. The zero-order chi connectivity index (χ0) is 10.6. The first kappa shape index (κ1) is 9.97. The number of esters is 1. The molecule has 3 heteroatoms. The summed E-state index contributed by atoms with van der Waals surface area (Å²) in [6.45, 7) is 9.36. The average molecular weight is 197 g/mol. The van der Waals surface area contributed by atoms with E-state index in [1.54, 1.807) is 0 Å². The molecule has 2 atom stereocenters. The van der Waals surface area contributed by atoms with Gasteiger partial charge in [0.1, 0.15) is 5.54 Å². The van der Waals surface area contributed by atoms with E-state index >= 15 is 0 Å². The van der Waals surface area contributed by atoms with Gasteiger partial charge >= 0.3 is 5.97 Å². The minimum absolute atomic E-state index is 0.0117. The Hall–Kier alpha value is -0.570. The smallest absolute Gasteiger partial charge is 0.327 e. The molecule has 0 amide bonds. The van der Waals surface area contributed by atoms with Crippen LogP contribution in [0.25, 0.3) is 0 Å². The van der Waals surface area contributed by atoms with E-state index in [0.717, 1.165) is 19.4 Å². The van der Waals surface area contributed by atoms with E-state index in [-0.39, 0.29) is 23.2 Å². The van der Waals surface area contributed by atoms with Gasteiger partial charge in [0.15, 0.2) is 6.23 Å². The number of cyclic esters (lactones) is 1. The fourth-order valence-electron chi connectivity index (χ4n) is 2.52. The molecule has 0 N–H and O–H groups in total. The Bertz CT molecular complexity index is 269. The molecule has 2 saturated heterocycles. The first-order chi connectivity index (χ1) is 6.36. The molecule has 0 bridgehead atoms. The molecule has 0 saturated carbocycles. The highest BCUT2D eigenvalue weighted by atomic mass is 16.6. The third-order valence-electron chi connectivity index (χ3n) is 3.38. The van der Waals surface area contributed by atoms with Crippen LogP contribution in [-0.2, 0) is 9.53 Å². The van der Waals surface area contributed by atoms with Crippen molar-refractivity contribution in [2.45, 2.75) is 52.3 Å². The summed E-state index contributed by atoms with van der Waals surface area (Å²) in [6, 6.07) is 0. The molecule has 0 spiro atoms. The van der Waals surface area contributed by atoms with Crippen molar-refractivity contribution in [3.05, 3.63) is 0 Å². The summed E-state index contributed by atoms with van der Waals surface area (Å²) in [5.41, 5.74) is -0.324. The van der Waals surface area contributed by atoms with Gasteiger partial charge in [0.2, 0.25) is 0 Å². The van der Waals surface area contributed by atoms with Crippen molar-refractivity contribution in [2.75, 3.05) is 6.54 Å². The van der Waals surface area contributed by atoms with E-state index in [4.69, 9.17) is 4.74 Å². The van der Waals surface area contributed by atoms with Gasteiger partial charge in [-0.3, -0.25) is 4.90 Å². The van der Waals surface area contributed by atoms with Crippen LogP contribution in [0.4, 0.5) is 0 Å². The number of carbonyl (C=O) groups excluding carboxylic acids is 1. The molecular formula is C11H19NO2. The first-order valence-corrected chi connectivity index (χ1v) is 5.33. The Morgan fingerprint density at radius 2 is 2.14 bits per heavy atom. The Morgan fingerprint density at radius 3 is 2.71 bits per heavy atom. The monoisotopic (exact) mass is 197 g/mol. The number of rotatable bonds is 0. The van der Waals surface area contributed by atoms with E-state index in [1.807, 2.05) is 6.92 Å². The SMILES string of the molecule is CC(C)(C)C1OC(=O)[C@]2(C)CCCN12. The van der Waals surface area contributed by atoms with E-state index < -0.39 is 0 Å². The molecule has 2 heterocycles. The molecule has 14 heavy (non-hydrogen) atoms. The quantitative estimate of drug-likeness (QED) is 0.554. The Morgan fingerprint density at radius 1 is 1.50 bits per heavy atom. The number of carbonyl (C=O) groups is 1. The van der Waals surface area contributed by atoms with Crippen LogP contribution in [0.5, 0.6) is 0 Å². The van der Waals surface area contributed by atoms with Gasteiger partial charge in [-0.15, -0.1) is 0 Å². The topological polar surface area (TPSA) is 29.5 Å². The van der Waals surface area contributed by atoms with Crippen LogP contribution >= 0.6 is 0 Å². The van der Waals surface area contributed by atoms with Crippen LogP contribution in [0.2, 0.25) is 0 Å². The molecule has 2 fully saturated rings. The molecule has 0 aliphatic carbocycles. The maximum Gasteiger partial charge on any atom is 0.327 e. The third kappa shape index (κ3) is 1.18. The Kier molecular flexibility index (Phi) is 1.94. The predicted octanol–water partition coefficient (Wildman–Crippen LogP) is 1.77. The van der Waals surface area contributed by atoms with Crippen molar-refractivity contribution >= 4 is 5.97 Å². The highest BCUT2D eigenvalue weighted by molar-refractivity contribution is 5.82. The number of fused-ring (bicyclic) bond motifs is 1. The Balaban J connectivity index is 2.30. The van der Waals surface area contributed by atoms with Crippen molar-refractivity contribution in [2.24, 2.45) is 5.41 Å². The zero-order valence-electron chi connectivity index (χ0n) is 9.46. The van der Waals surface area contributed by atoms with Gasteiger partial charge in [-0.05, 0) is 19.8 Å². The predicted molar refractivity (Wildman–Crippen MR) is 53.7 cm³/mol. The highest BCUT2D eigenvalue weighted by Gasteiger charge is 2.57. The molecule has 2 rings (SSSR count). The molecule has 3 nitrogen and oxygen atoms in total. The lowest BCUT2D eigenvalue weighted by Gasteiger charge is -2.33. The maximum atomic E-state index is 11.8. The van der Waals surface area contributed by atoms with Crippen LogP contribution in [0.3, 0.4) is 0 Å². The number of hydrogen-bond donors (Lipinski definition) is 0. The van der Waals surface area contributed by atoms with Crippen LogP contribution in [-0.4, -0.2) is 29.2 Å². The summed E-state index contributed by atoms with van der Waals surface area (Å²) in [6.07, 6.45) is 2.01. The van der Waals surface area contributed by atoms with Crippen molar-refractivity contribution < 1.29 is 9.53 Å². The lowest BCUT2D eigenvalue weighted by atomic mass is 9.92. The Labute approximate surface area is 85.4 Å². The van der Waals surface area contributed by atoms with Crippen molar-refractivity contribution in [1.82, 2.24) is 4.90 Å². The zero-order valence-corrected chi connectivity index (χ0v) is 9.46. The van der Waals surface area contributed by atoms with E-state index in [1.165, 1.54) is 0 Å². The molecule has 0 radical (unpaired) electrons. The van der Waals surface area contributed by atoms with Crippen molar-refractivity contribution in [3.8, 4) is 0 Å². The van der Waals surface area contributed by atoms with E-state index in [0.29, 0.717) is 0 Å². The fourth-order valence-corrected chi connectivity index (χ4v) is 2.52. The number of hydrogen-bond acceptors (Lipinski definition) is 3. The average Bonchev–Trinajstić information content (AvgIpc) is 2.49. The lowest BCUT2D eigenvalue weighted by molar-refractivity contribution is -0.149. The standard InChI is InChI=1S/C11H19NO2/c1-10(2,3)8-12-7-5-6-11(12,4)9(13)14-8/h8H,5-7H2,1-4H3/t8?,11-/m0/s1. The van der Waals surface area contributed by atoms with E-state index in [9.17, 15) is 4.79 Å². The molecule has 80 valence electrons. The number of ether oxygens (including phenoxy) is 1. The van der Waals surface area contributed by atoms with Crippen LogP contribution in [0, 0.1) is 5.41 Å². The van der Waals surface area contributed by atoms with Gasteiger partial charge < -0.3 is 4.74 Å². The second-order valence-electron chi connectivity index (χ2n) is 5.69. The molecule has 0 aromatic rings. The van der Waals surface area contributed by atoms with E-state index in [2.05, 4.69) is 25.7 Å². The summed E-state index contributed by atoms with van der Waals surface area (Å²) in [5.74, 6) is -0.0325. The van der Waals surface area contributed by atoms with Gasteiger partial charge in [-0.2, -0.15) is 0 Å². The van der Waals surface area contributed by atoms with Gasteiger partial charge in [-0.25, -0.2) is 4.79 Å². The van der Waals surface area contributed by atoms with Gasteiger partial charge in [0.05, 0.1) is 0 Å². The summed E-state index contributed by atoms with van der Waals surface area (Å²) >= 11 is 0. The molecule has 2 aliphatic heterocycles. The van der Waals surface area contributed by atoms with Crippen LogP contribution in [0.15, 0.2) is 0 Å². The van der Waals surface area contributed by atoms with Gasteiger partial charge in [0, 0.05) is 12.0 Å². The van der Waals surface area contributed by atoms with Gasteiger partial charge in [-0.1, -0.05) is 20.8 Å². The second-order valence-corrected chi connectivity index (χ2v) is 5.69. The van der Waals surface area contributed by atoms with Crippen molar-refractivity contribution in [1.29, 1.82) is 0 Å². The lowest BCUT2D eigenvalue weighted by Crippen LogP contribution is -2.47. The second kappa shape index (κ2) is 2.72. The summed E-state index contributed by atoms with van der Waals surface area (Å²) in [4.78, 5) is 14.0. The molecule has 1 unspecified atom stereocenters. The maximum absolute atomic E-state index is 11.8. The van der Waals surface area contributed by atoms with Gasteiger partial charge in [0.25, 0.3) is 0 Å². The summed E-state index contributed by atoms with van der Waals surface area (Å²) < 4.78 is 5.48. The largest absolute Gasteiger partial charge is 0.444 e.